The van der Waals surface area contributed by atoms with Crippen LogP contribution in [0.5, 0.6) is 0 Å². The number of ether oxygens (including phenoxy) is 1. The lowest BCUT2D eigenvalue weighted by Gasteiger charge is -2.25. The van der Waals surface area contributed by atoms with E-state index < -0.39 is 5.54 Å². The predicted octanol–water partition coefficient (Wildman–Crippen LogP) is 2.58. The highest BCUT2D eigenvalue weighted by molar-refractivity contribution is 7.99. The predicted molar refractivity (Wildman–Crippen MR) is 71.7 cm³/mol. The number of methoxy groups -OCH3 is 1. The van der Waals surface area contributed by atoms with Gasteiger partial charge in [0.05, 0.1) is 12.1 Å². The average Bonchev–Trinajstić information content (AvgIpc) is 2.36. The van der Waals surface area contributed by atoms with Gasteiger partial charge in [0.1, 0.15) is 5.54 Å². The summed E-state index contributed by atoms with van der Waals surface area (Å²) in [6.07, 6.45) is 0. The van der Waals surface area contributed by atoms with E-state index in [1.807, 2.05) is 31.2 Å². The molecule has 0 heterocycles. The molecule has 0 saturated carbocycles. The van der Waals surface area contributed by atoms with Gasteiger partial charge < -0.3 is 10.1 Å². The maximum atomic E-state index is 11.6. The summed E-state index contributed by atoms with van der Waals surface area (Å²) in [5.41, 5.74) is -0.710. The fraction of sp³-hybridized carbons (Fsp3) is 0.417. The Labute approximate surface area is 111 Å². The quantitative estimate of drug-likeness (QED) is 0.661. The number of carbonyl (C=O) groups excluding carboxylic acids is 1. The van der Waals surface area contributed by atoms with Gasteiger partial charge in [0, 0.05) is 10.6 Å². The molecule has 0 aliphatic rings. The molecule has 0 saturated heterocycles. The highest BCUT2D eigenvalue weighted by Gasteiger charge is 2.32. The van der Waals surface area contributed by atoms with Crippen LogP contribution in [0.3, 0.4) is 0 Å². The Hall–Kier alpha value is -0.710. The van der Waals surface area contributed by atoms with E-state index >= 15 is 0 Å². The van der Waals surface area contributed by atoms with Crippen molar-refractivity contribution in [2.45, 2.75) is 17.4 Å². The number of hydrogen-bond acceptors (Lipinski definition) is 4. The lowest BCUT2D eigenvalue weighted by molar-refractivity contribution is -0.146. The first-order chi connectivity index (χ1) is 8.03. The van der Waals surface area contributed by atoms with E-state index in [9.17, 15) is 4.79 Å². The highest BCUT2D eigenvalue weighted by Crippen LogP contribution is 2.29. The van der Waals surface area contributed by atoms with Crippen molar-refractivity contribution in [2.75, 3.05) is 19.9 Å². The second kappa shape index (κ2) is 6.28. The van der Waals surface area contributed by atoms with Crippen LogP contribution in [-0.4, -0.2) is 31.4 Å². The van der Waals surface area contributed by atoms with Crippen molar-refractivity contribution in [3.05, 3.63) is 29.3 Å². The van der Waals surface area contributed by atoms with Gasteiger partial charge >= 0.3 is 5.97 Å². The fourth-order valence-corrected chi connectivity index (χ4v) is 2.63. The summed E-state index contributed by atoms with van der Waals surface area (Å²) in [7, 11) is 3.13. The first kappa shape index (κ1) is 14.4. The molecular weight excluding hydrogens is 258 g/mol. The molecule has 0 aliphatic heterocycles. The van der Waals surface area contributed by atoms with Crippen molar-refractivity contribution >= 4 is 29.3 Å². The molecule has 0 spiro atoms. The van der Waals surface area contributed by atoms with Crippen LogP contribution >= 0.6 is 23.4 Å². The molecule has 1 aromatic carbocycles. The van der Waals surface area contributed by atoms with Crippen molar-refractivity contribution in [2.24, 2.45) is 0 Å². The first-order valence-electron chi connectivity index (χ1n) is 5.18. The van der Waals surface area contributed by atoms with E-state index in [2.05, 4.69) is 5.32 Å². The molecule has 5 heteroatoms. The second-order valence-electron chi connectivity index (χ2n) is 3.79. The molecule has 17 heavy (non-hydrogen) atoms. The molecule has 1 N–H and O–H groups in total. The van der Waals surface area contributed by atoms with Gasteiger partial charge in [-0.05, 0) is 26.1 Å². The summed E-state index contributed by atoms with van der Waals surface area (Å²) in [5.74, 6) is 0.277. The van der Waals surface area contributed by atoms with Crippen molar-refractivity contribution in [3.8, 4) is 0 Å². The molecule has 1 rings (SSSR count). The summed E-state index contributed by atoms with van der Waals surface area (Å²) in [5, 5.41) is 3.68. The number of likely N-dealkylation sites (N-methyl/N-ethyl adjacent to an activating group) is 1. The number of halogens is 1. The maximum absolute atomic E-state index is 11.6. The standard InChI is InChI=1S/C12H16ClNO2S/c1-12(14-2,11(15)16-3)8-17-10-7-5-4-6-9(10)13/h4-7,14H,8H2,1-3H3. The zero-order valence-electron chi connectivity index (χ0n) is 10.1. The van der Waals surface area contributed by atoms with Gasteiger partial charge in [-0.25, -0.2) is 0 Å². The second-order valence-corrected chi connectivity index (χ2v) is 5.22. The number of esters is 1. The van der Waals surface area contributed by atoms with Crippen molar-refractivity contribution in [1.82, 2.24) is 5.32 Å². The van der Waals surface area contributed by atoms with Crippen molar-refractivity contribution < 1.29 is 9.53 Å². The van der Waals surface area contributed by atoms with Crippen LogP contribution < -0.4 is 5.32 Å². The van der Waals surface area contributed by atoms with Gasteiger partial charge in [0.25, 0.3) is 0 Å². The van der Waals surface area contributed by atoms with E-state index in [1.165, 1.54) is 18.9 Å². The van der Waals surface area contributed by atoms with Crippen LogP contribution in [0.4, 0.5) is 0 Å². The fourth-order valence-electron chi connectivity index (χ4n) is 1.24. The Morgan fingerprint density at radius 2 is 2.18 bits per heavy atom. The smallest absolute Gasteiger partial charge is 0.326 e. The zero-order valence-corrected chi connectivity index (χ0v) is 11.7. The molecule has 3 nitrogen and oxygen atoms in total. The minimum Gasteiger partial charge on any atom is -0.468 e. The molecule has 1 unspecified atom stereocenters. The van der Waals surface area contributed by atoms with Gasteiger partial charge in [0.2, 0.25) is 0 Å². The van der Waals surface area contributed by atoms with Crippen LogP contribution in [0.25, 0.3) is 0 Å². The van der Waals surface area contributed by atoms with Crippen LogP contribution in [0.15, 0.2) is 29.2 Å². The summed E-state index contributed by atoms with van der Waals surface area (Å²) < 4.78 is 4.78. The average molecular weight is 274 g/mol. The number of nitrogens with one attached hydrogen (secondary N) is 1. The van der Waals surface area contributed by atoms with Gasteiger partial charge in [-0.2, -0.15) is 0 Å². The lowest BCUT2D eigenvalue weighted by Crippen LogP contribution is -2.50. The minimum atomic E-state index is -0.710. The largest absolute Gasteiger partial charge is 0.468 e. The van der Waals surface area contributed by atoms with Gasteiger partial charge in [-0.15, -0.1) is 11.8 Å². The Morgan fingerprint density at radius 3 is 2.71 bits per heavy atom. The van der Waals surface area contributed by atoms with E-state index in [0.717, 1.165) is 4.90 Å². The minimum absolute atomic E-state index is 0.278. The van der Waals surface area contributed by atoms with Crippen LogP contribution in [0.1, 0.15) is 6.92 Å². The van der Waals surface area contributed by atoms with E-state index in [0.29, 0.717) is 10.8 Å². The molecule has 1 aromatic rings. The van der Waals surface area contributed by atoms with E-state index in [-0.39, 0.29) is 5.97 Å². The zero-order chi connectivity index (χ0) is 12.9. The van der Waals surface area contributed by atoms with Crippen molar-refractivity contribution in [3.63, 3.8) is 0 Å². The third-order valence-corrected chi connectivity index (χ3v) is 4.37. The number of rotatable bonds is 5. The molecule has 94 valence electrons. The first-order valence-corrected chi connectivity index (χ1v) is 6.54. The normalized spacial score (nSPS) is 14.1. The number of benzene rings is 1. The Balaban J connectivity index is 2.72. The highest BCUT2D eigenvalue weighted by atomic mass is 35.5. The molecule has 1 atom stereocenters. The SMILES string of the molecule is CNC(C)(CSc1ccccc1Cl)C(=O)OC. The Morgan fingerprint density at radius 1 is 1.53 bits per heavy atom. The summed E-state index contributed by atoms with van der Waals surface area (Å²) in [6.45, 7) is 1.81. The monoisotopic (exact) mass is 273 g/mol. The molecule has 0 bridgehead atoms. The Kier molecular flexibility index (Phi) is 5.31. The topological polar surface area (TPSA) is 38.3 Å². The van der Waals surface area contributed by atoms with Gasteiger partial charge in [-0.3, -0.25) is 4.79 Å². The summed E-state index contributed by atoms with van der Waals surface area (Å²) in [6, 6.07) is 7.56. The molecular formula is C12H16ClNO2S. The molecule has 0 aliphatic carbocycles. The van der Waals surface area contributed by atoms with E-state index in [4.69, 9.17) is 16.3 Å². The van der Waals surface area contributed by atoms with Gasteiger partial charge in [-0.1, -0.05) is 23.7 Å². The molecule has 0 aromatic heterocycles. The van der Waals surface area contributed by atoms with Crippen molar-refractivity contribution in [1.29, 1.82) is 0 Å². The maximum Gasteiger partial charge on any atom is 0.326 e. The van der Waals surface area contributed by atoms with Crippen LogP contribution in [0, 0.1) is 0 Å². The number of hydrogen-bond donors (Lipinski definition) is 1. The third kappa shape index (κ3) is 3.63. The summed E-state index contributed by atoms with van der Waals surface area (Å²) >= 11 is 7.58. The van der Waals surface area contributed by atoms with E-state index in [1.54, 1.807) is 7.05 Å². The molecule has 0 amide bonds. The lowest BCUT2D eigenvalue weighted by atomic mass is 10.1. The van der Waals surface area contributed by atoms with Gasteiger partial charge in [0.15, 0.2) is 0 Å². The number of thioether (sulfide) groups is 1. The van der Waals surface area contributed by atoms with Crippen LogP contribution in [0.2, 0.25) is 5.02 Å². The number of carbonyl (C=O) groups is 1. The Bertz CT molecular complexity index is 400. The third-order valence-electron chi connectivity index (χ3n) is 2.54. The summed E-state index contributed by atoms with van der Waals surface area (Å²) in [4.78, 5) is 12.6. The van der Waals surface area contributed by atoms with Crippen LogP contribution in [-0.2, 0) is 9.53 Å². The molecule has 0 radical (unpaired) electrons. The molecule has 0 fully saturated rings.